The van der Waals surface area contributed by atoms with Crippen molar-refractivity contribution in [3.05, 3.63) is 57.5 Å². The summed E-state index contributed by atoms with van der Waals surface area (Å²) in [5.74, 6) is -0.0921. The number of carbonyl (C=O) groups excluding carboxylic acids is 3. The average Bonchev–Trinajstić information content (AvgIpc) is 3.07. The van der Waals surface area contributed by atoms with Crippen molar-refractivity contribution in [3.63, 3.8) is 0 Å². The maximum Gasteiger partial charge on any atom is 0.294 e. The summed E-state index contributed by atoms with van der Waals surface area (Å²) in [6, 6.07) is 12.2. The number of carbonyl (C=O) groups is 3. The van der Waals surface area contributed by atoms with Gasteiger partial charge in [-0.05, 0) is 66.6 Å². The summed E-state index contributed by atoms with van der Waals surface area (Å²) in [5, 5.41) is 11.2. The second-order valence-electron chi connectivity index (χ2n) is 7.30. The van der Waals surface area contributed by atoms with Crippen LogP contribution in [-0.2, 0) is 9.59 Å². The molecule has 176 valence electrons. The van der Waals surface area contributed by atoms with Gasteiger partial charge < -0.3 is 14.8 Å². The Morgan fingerprint density at radius 3 is 2.74 bits per heavy atom. The summed E-state index contributed by atoms with van der Waals surface area (Å²) < 4.78 is 11.0. The van der Waals surface area contributed by atoms with Crippen molar-refractivity contribution in [2.24, 2.45) is 0 Å². The number of imide groups is 1. The molecular weight excluding hydrogens is 478 g/mol. The van der Waals surface area contributed by atoms with Crippen LogP contribution in [0.4, 0.5) is 10.5 Å². The van der Waals surface area contributed by atoms with E-state index >= 15 is 0 Å². The first kappa shape index (κ1) is 25.1. The summed E-state index contributed by atoms with van der Waals surface area (Å²) in [6.07, 6.45) is 2.55. The van der Waals surface area contributed by atoms with Crippen molar-refractivity contribution in [2.45, 2.75) is 19.8 Å². The highest BCUT2D eigenvalue weighted by Gasteiger charge is 2.36. The number of anilines is 1. The third-order valence-corrected chi connectivity index (χ3v) is 6.12. The molecule has 1 heterocycles. The first-order valence-corrected chi connectivity index (χ1v) is 11.5. The van der Waals surface area contributed by atoms with Crippen LogP contribution in [0, 0.1) is 18.3 Å². The zero-order chi connectivity index (χ0) is 24.7. The smallest absolute Gasteiger partial charge is 0.294 e. The van der Waals surface area contributed by atoms with Crippen LogP contribution in [0.1, 0.15) is 24.0 Å². The standard InChI is InChI=1S/C24H22ClN3O5S/c1-15-5-7-17(13-18(15)25)27-22(29)14-28-23(30)21(34-24(28)31)12-16-6-8-19(20(11-16)32-2)33-10-4-3-9-26/h5-8,11-13H,3-4,10,14H2,1-2H3,(H,27,29)/b21-12-. The van der Waals surface area contributed by atoms with E-state index in [4.69, 9.17) is 26.3 Å². The van der Waals surface area contributed by atoms with Gasteiger partial charge in [0.2, 0.25) is 5.91 Å². The molecule has 1 fully saturated rings. The molecule has 1 saturated heterocycles. The summed E-state index contributed by atoms with van der Waals surface area (Å²) >= 11 is 6.83. The second kappa shape index (κ2) is 11.6. The molecule has 0 atom stereocenters. The Labute approximate surface area is 206 Å². The van der Waals surface area contributed by atoms with E-state index in [1.807, 2.05) is 6.92 Å². The van der Waals surface area contributed by atoms with Gasteiger partial charge in [0.25, 0.3) is 11.1 Å². The second-order valence-corrected chi connectivity index (χ2v) is 8.70. The number of hydrogen-bond donors (Lipinski definition) is 1. The highest BCUT2D eigenvalue weighted by atomic mass is 35.5. The first-order chi connectivity index (χ1) is 16.3. The minimum absolute atomic E-state index is 0.195. The fourth-order valence-electron chi connectivity index (χ4n) is 3.03. The van der Waals surface area contributed by atoms with E-state index in [0.717, 1.165) is 22.2 Å². The summed E-state index contributed by atoms with van der Waals surface area (Å²) in [4.78, 5) is 38.6. The molecule has 1 aliphatic rings. The van der Waals surface area contributed by atoms with E-state index in [-0.39, 0.29) is 4.91 Å². The predicted molar refractivity (Wildman–Crippen MR) is 131 cm³/mol. The lowest BCUT2D eigenvalue weighted by molar-refractivity contribution is -0.127. The maximum atomic E-state index is 12.8. The minimum Gasteiger partial charge on any atom is -0.493 e. The van der Waals surface area contributed by atoms with E-state index in [1.165, 1.54) is 7.11 Å². The van der Waals surface area contributed by atoms with E-state index in [0.29, 0.717) is 47.2 Å². The quantitative estimate of drug-likeness (QED) is 0.381. The molecule has 1 aliphatic heterocycles. The summed E-state index contributed by atoms with van der Waals surface area (Å²) in [5.41, 5.74) is 1.97. The Kier molecular flexibility index (Phi) is 8.57. The number of unbranched alkanes of at least 4 members (excludes halogenated alkanes) is 1. The molecule has 3 rings (SSSR count). The van der Waals surface area contributed by atoms with Crippen LogP contribution in [-0.4, -0.2) is 42.2 Å². The molecule has 8 nitrogen and oxygen atoms in total. The highest BCUT2D eigenvalue weighted by Crippen LogP contribution is 2.34. The Morgan fingerprint density at radius 1 is 1.24 bits per heavy atom. The van der Waals surface area contributed by atoms with Gasteiger partial charge in [-0.1, -0.05) is 23.7 Å². The fourth-order valence-corrected chi connectivity index (χ4v) is 4.05. The minimum atomic E-state index is -0.553. The van der Waals surface area contributed by atoms with Crippen molar-refractivity contribution < 1.29 is 23.9 Å². The molecule has 0 spiro atoms. The third kappa shape index (κ3) is 6.31. The predicted octanol–water partition coefficient (Wildman–Crippen LogP) is 5.01. The molecule has 0 bridgehead atoms. The molecule has 2 aromatic carbocycles. The van der Waals surface area contributed by atoms with Crippen molar-refractivity contribution in [1.29, 1.82) is 5.26 Å². The Hall–Kier alpha value is -3.48. The van der Waals surface area contributed by atoms with Crippen LogP contribution in [0.3, 0.4) is 0 Å². The normalized spacial score (nSPS) is 14.3. The van der Waals surface area contributed by atoms with E-state index in [9.17, 15) is 14.4 Å². The number of ether oxygens (including phenoxy) is 2. The lowest BCUT2D eigenvalue weighted by atomic mass is 10.2. The number of methoxy groups -OCH3 is 1. The van der Waals surface area contributed by atoms with Crippen LogP contribution in [0.5, 0.6) is 11.5 Å². The molecule has 34 heavy (non-hydrogen) atoms. The van der Waals surface area contributed by atoms with Gasteiger partial charge >= 0.3 is 0 Å². The number of nitriles is 1. The molecule has 0 unspecified atom stereocenters. The summed E-state index contributed by atoms with van der Waals surface area (Å²) in [7, 11) is 1.50. The Morgan fingerprint density at radius 2 is 2.03 bits per heavy atom. The van der Waals surface area contributed by atoms with Crippen molar-refractivity contribution in [1.82, 2.24) is 4.90 Å². The molecule has 0 radical (unpaired) electrons. The van der Waals surface area contributed by atoms with Gasteiger partial charge in [0.15, 0.2) is 11.5 Å². The van der Waals surface area contributed by atoms with Crippen LogP contribution >= 0.6 is 23.4 Å². The molecule has 10 heteroatoms. The molecule has 0 aromatic heterocycles. The zero-order valence-electron chi connectivity index (χ0n) is 18.6. The number of hydrogen-bond acceptors (Lipinski definition) is 7. The van der Waals surface area contributed by atoms with Gasteiger partial charge in [0.1, 0.15) is 6.54 Å². The summed E-state index contributed by atoms with van der Waals surface area (Å²) in [6.45, 7) is 1.80. The van der Waals surface area contributed by atoms with Gasteiger partial charge in [-0.15, -0.1) is 0 Å². The number of halogens is 1. The number of aryl methyl sites for hydroxylation is 1. The molecule has 0 aliphatic carbocycles. The van der Waals surface area contributed by atoms with E-state index < -0.39 is 23.6 Å². The Balaban J connectivity index is 1.67. The maximum absolute atomic E-state index is 12.8. The van der Waals surface area contributed by atoms with Crippen molar-refractivity contribution in [2.75, 3.05) is 25.6 Å². The first-order valence-electron chi connectivity index (χ1n) is 10.3. The number of benzene rings is 2. The number of nitrogens with zero attached hydrogens (tertiary/aromatic N) is 2. The largest absolute Gasteiger partial charge is 0.493 e. The van der Waals surface area contributed by atoms with Crippen LogP contribution in [0.2, 0.25) is 5.02 Å². The zero-order valence-corrected chi connectivity index (χ0v) is 20.2. The van der Waals surface area contributed by atoms with Crippen LogP contribution < -0.4 is 14.8 Å². The monoisotopic (exact) mass is 499 g/mol. The van der Waals surface area contributed by atoms with E-state index in [1.54, 1.807) is 42.5 Å². The van der Waals surface area contributed by atoms with Gasteiger partial charge in [-0.25, -0.2) is 0 Å². The van der Waals surface area contributed by atoms with Crippen molar-refractivity contribution in [3.8, 4) is 17.6 Å². The van der Waals surface area contributed by atoms with Gasteiger partial charge in [0.05, 0.1) is 24.7 Å². The molecule has 0 saturated carbocycles. The van der Waals surface area contributed by atoms with Gasteiger partial charge in [-0.2, -0.15) is 5.26 Å². The van der Waals surface area contributed by atoms with Crippen LogP contribution in [0.25, 0.3) is 6.08 Å². The van der Waals surface area contributed by atoms with E-state index in [2.05, 4.69) is 11.4 Å². The number of amides is 3. The molecule has 1 N–H and O–H groups in total. The number of nitrogens with one attached hydrogen (secondary N) is 1. The average molecular weight is 500 g/mol. The Bertz CT molecular complexity index is 1190. The number of rotatable bonds is 9. The molecular formula is C24H22ClN3O5S. The lowest BCUT2D eigenvalue weighted by Crippen LogP contribution is -2.36. The van der Waals surface area contributed by atoms with Crippen molar-refractivity contribution >= 4 is 52.2 Å². The third-order valence-electron chi connectivity index (χ3n) is 4.81. The number of thioether (sulfide) groups is 1. The highest BCUT2D eigenvalue weighted by molar-refractivity contribution is 8.18. The SMILES string of the molecule is COc1cc(/C=C2\SC(=O)N(CC(=O)Nc3ccc(C)c(Cl)c3)C2=O)ccc1OCCCC#N. The van der Waals surface area contributed by atoms with Gasteiger partial charge in [-0.3, -0.25) is 19.3 Å². The van der Waals surface area contributed by atoms with Gasteiger partial charge in [0, 0.05) is 17.1 Å². The fraction of sp³-hybridized carbons (Fsp3) is 0.250. The van der Waals surface area contributed by atoms with Crippen LogP contribution in [0.15, 0.2) is 41.3 Å². The molecule has 2 aromatic rings. The lowest BCUT2D eigenvalue weighted by Gasteiger charge is -2.13. The molecule has 3 amide bonds. The topological polar surface area (TPSA) is 109 Å².